The van der Waals surface area contributed by atoms with Crippen LogP contribution in [-0.2, 0) is 10.3 Å². The molecule has 0 saturated carbocycles. The molecule has 5 heteroatoms. The maximum Gasteiger partial charge on any atom is 0.242 e. The lowest BCUT2D eigenvalue weighted by Crippen LogP contribution is -2.51. The zero-order valence-corrected chi connectivity index (χ0v) is 13.1. The third-order valence-electron chi connectivity index (χ3n) is 3.65. The van der Waals surface area contributed by atoms with Crippen LogP contribution in [0.2, 0.25) is 0 Å². The molecular formula is C15H24N2O2S. The highest BCUT2D eigenvalue weighted by molar-refractivity contribution is 7.99. The van der Waals surface area contributed by atoms with Crippen LogP contribution in [0.1, 0.15) is 25.8 Å². The first-order valence-electron chi connectivity index (χ1n) is 6.78. The number of aliphatic hydroxyl groups is 1. The summed E-state index contributed by atoms with van der Waals surface area (Å²) in [5.74, 6) is 0.363. The predicted molar refractivity (Wildman–Crippen MR) is 84.6 cm³/mol. The minimum absolute atomic E-state index is 0.133. The Bertz CT molecular complexity index is 425. The van der Waals surface area contributed by atoms with E-state index in [4.69, 9.17) is 5.73 Å². The van der Waals surface area contributed by atoms with E-state index in [0.717, 1.165) is 11.3 Å². The minimum atomic E-state index is -0.854. The lowest BCUT2D eigenvalue weighted by atomic mass is 9.86. The van der Waals surface area contributed by atoms with Crippen molar-refractivity contribution >= 4 is 17.7 Å². The second kappa shape index (κ2) is 7.67. The molecule has 3 unspecified atom stereocenters. The first-order valence-corrected chi connectivity index (χ1v) is 7.83. The monoisotopic (exact) mass is 296 g/mol. The quantitative estimate of drug-likeness (QED) is 0.679. The van der Waals surface area contributed by atoms with Gasteiger partial charge in [0.2, 0.25) is 5.91 Å². The average molecular weight is 296 g/mol. The van der Waals surface area contributed by atoms with Crippen LogP contribution >= 0.6 is 11.8 Å². The lowest BCUT2D eigenvalue weighted by Gasteiger charge is -2.31. The second-order valence-electron chi connectivity index (χ2n) is 4.95. The van der Waals surface area contributed by atoms with Crippen LogP contribution in [0.25, 0.3) is 0 Å². The molecule has 0 bridgehead atoms. The molecule has 0 aliphatic heterocycles. The number of amides is 1. The van der Waals surface area contributed by atoms with Gasteiger partial charge in [0, 0.05) is 5.25 Å². The van der Waals surface area contributed by atoms with Crippen LogP contribution in [-0.4, -0.2) is 35.2 Å². The van der Waals surface area contributed by atoms with Crippen molar-refractivity contribution in [3.05, 3.63) is 35.9 Å². The molecule has 1 rings (SSSR count). The van der Waals surface area contributed by atoms with Crippen molar-refractivity contribution in [3.8, 4) is 0 Å². The van der Waals surface area contributed by atoms with E-state index in [0.29, 0.717) is 6.42 Å². The number of aliphatic hydroxyl groups excluding tert-OH is 1. The van der Waals surface area contributed by atoms with Crippen LogP contribution in [0, 0.1) is 0 Å². The minimum Gasteiger partial charge on any atom is -0.392 e. The molecule has 0 saturated heterocycles. The number of rotatable bonds is 8. The molecule has 0 heterocycles. The van der Waals surface area contributed by atoms with Crippen LogP contribution < -0.4 is 11.1 Å². The molecule has 20 heavy (non-hydrogen) atoms. The molecule has 3 atom stereocenters. The lowest BCUT2D eigenvalue weighted by molar-refractivity contribution is -0.124. The van der Waals surface area contributed by atoms with Crippen molar-refractivity contribution in [2.75, 3.05) is 12.8 Å². The molecule has 4 nitrogen and oxygen atoms in total. The summed E-state index contributed by atoms with van der Waals surface area (Å²) in [5, 5.41) is 12.7. The standard InChI is InChI=1S/C15H24N2O2S/c1-11(18)12(2)20-10-9-15(17-3,14(16)19)13-7-5-4-6-8-13/h4-8,11-12,17-18H,9-10H2,1-3H3,(H2,16,19). The van der Waals surface area contributed by atoms with Crippen molar-refractivity contribution < 1.29 is 9.90 Å². The van der Waals surface area contributed by atoms with Gasteiger partial charge in [0.25, 0.3) is 0 Å². The highest BCUT2D eigenvalue weighted by Crippen LogP contribution is 2.28. The highest BCUT2D eigenvalue weighted by Gasteiger charge is 2.36. The van der Waals surface area contributed by atoms with Crippen molar-refractivity contribution in [2.24, 2.45) is 5.73 Å². The summed E-state index contributed by atoms with van der Waals surface area (Å²) in [4.78, 5) is 12.0. The summed E-state index contributed by atoms with van der Waals surface area (Å²) in [6, 6.07) is 9.52. The predicted octanol–water partition coefficient (Wildman–Crippen LogP) is 1.48. The summed E-state index contributed by atoms with van der Waals surface area (Å²) in [5.41, 5.74) is 5.65. The SMILES string of the molecule is CNC(CCSC(C)C(C)O)(C(N)=O)c1ccccc1. The Morgan fingerprint density at radius 1 is 1.40 bits per heavy atom. The molecule has 1 aromatic rings. The van der Waals surface area contributed by atoms with E-state index in [1.54, 1.807) is 25.7 Å². The van der Waals surface area contributed by atoms with Crippen LogP contribution in [0.5, 0.6) is 0 Å². The van der Waals surface area contributed by atoms with Gasteiger partial charge < -0.3 is 16.2 Å². The number of likely N-dealkylation sites (N-methyl/N-ethyl adjacent to an activating group) is 1. The fourth-order valence-electron chi connectivity index (χ4n) is 2.06. The summed E-state index contributed by atoms with van der Waals surface area (Å²) < 4.78 is 0. The molecule has 1 aromatic carbocycles. The first-order chi connectivity index (χ1) is 9.44. The van der Waals surface area contributed by atoms with Gasteiger partial charge >= 0.3 is 0 Å². The van der Waals surface area contributed by atoms with Gasteiger partial charge in [0.15, 0.2) is 0 Å². The Labute approximate surface area is 125 Å². The highest BCUT2D eigenvalue weighted by atomic mass is 32.2. The van der Waals surface area contributed by atoms with Gasteiger partial charge in [-0.1, -0.05) is 37.3 Å². The molecule has 0 aliphatic rings. The van der Waals surface area contributed by atoms with Crippen molar-refractivity contribution in [2.45, 2.75) is 37.2 Å². The van der Waals surface area contributed by atoms with E-state index < -0.39 is 5.54 Å². The number of nitrogens with two attached hydrogens (primary N) is 1. The summed E-state index contributed by atoms with van der Waals surface area (Å²) in [6.45, 7) is 3.75. The Kier molecular flexibility index (Phi) is 6.52. The maximum atomic E-state index is 12.0. The van der Waals surface area contributed by atoms with Crippen LogP contribution in [0.4, 0.5) is 0 Å². The molecule has 0 spiro atoms. The molecular weight excluding hydrogens is 272 g/mol. The normalized spacial score (nSPS) is 17.2. The van der Waals surface area contributed by atoms with Gasteiger partial charge in [-0.2, -0.15) is 11.8 Å². The van der Waals surface area contributed by atoms with Gasteiger partial charge in [0.05, 0.1) is 6.10 Å². The van der Waals surface area contributed by atoms with E-state index >= 15 is 0 Å². The van der Waals surface area contributed by atoms with E-state index in [9.17, 15) is 9.90 Å². The smallest absolute Gasteiger partial charge is 0.242 e. The molecule has 0 radical (unpaired) electrons. The molecule has 4 N–H and O–H groups in total. The summed E-state index contributed by atoms with van der Waals surface area (Å²) >= 11 is 1.64. The number of nitrogens with one attached hydrogen (secondary N) is 1. The number of hydrogen-bond acceptors (Lipinski definition) is 4. The van der Waals surface area contributed by atoms with E-state index in [2.05, 4.69) is 5.32 Å². The number of carbonyl (C=O) groups excluding carboxylic acids is 1. The Morgan fingerprint density at radius 3 is 2.45 bits per heavy atom. The number of hydrogen-bond donors (Lipinski definition) is 3. The first kappa shape index (κ1) is 17.0. The fraction of sp³-hybridized carbons (Fsp3) is 0.533. The van der Waals surface area contributed by atoms with Gasteiger partial charge in [-0.05, 0) is 31.7 Å². The van der Waals surface area contributed by atoms with Crippen LogP contribution in [0.3, 0.4) is 0 Å². The van der Waals surface area contributed by atoms with Crippen molar-refractivity contribution in [3.63, 3.8) is 0 Å². The number of thioether (sulfide) groups is 1. The van der Waals surface area contributed by atoms with Crippen molar-refractivity contribution in [1.29, 1.82) is 0 Å². The van der Waals surface area contributed by atoms with Gasteiger partial charge in [-0.3, -0.25) is 4.79 Å². The number of primary amides is 1. The molecule has 0 fully saturated rings. The van der Waals surface area contributed by atoms with Gasteiger partial charge in [-0.15, -0.1) is 0 Å². The van der Waals surface area contributed by atoms with Crippen LogP contribution in [0.15, 0.2) is 30.3 Å². The Morgan fingerprint density at radius 2 is 2.00 bits per heavy atom. The van der Waals surface area contributed by atoms with E-state index in [1.807, 2.05) is 37.3 Å². The molecule has 0 aliphatic carbocycles. The third kappa shape index (κ3) is 3.98. The number of carbonyl (C=O) groups is 1. The molecule has 0 aromatic heterocycles. The average Bonchev–Trinajstić information content (AvgIpc) is 2.44. The summed E-state index contributed by atoms with van der Waals surface area (Å²) in [7, 11) is 1.75. The molecule has 112 valence electrons. The van der Waals surface area contributed by atoms with Crippen molar-refractivity contribution in [1.82, 2.24) is 5.32 Å². The van der Waals surface area contributed by atoms with E-state index in [1.165, 1.54) is 0 Å². The Hall–Kier alpha value is -1.04. The largest absolute Gasteiger partial charge is 0.392 e. The Balaban J connectivity index is 2.83. The van der Waals surface area contributed by atoms with Gasteiger partial charge in [0.1, 0.15) is 5.54 Å². The summed E-state index contributed by atoms with van der Waals surface area (Å²) in [6.07, 6.45) is 0.221. The maximum absolute atomic E-state index is 12.0. The zero-order valence-electron chi connectivity index (χ0n) is 12.3. The third-order valence-corrected chi connectivity index (χ3v) is 5.01. The van der Waals surface area contributed by atoms with E-state index in [-0.39, 0.29) is 17.3 Å². The number of benzene rings is 1. The molecule has 1 amide bonds. The zero-order chi connectivity index (χ0) is 15.2. The second-order valence-corrected chi connectivity index (χ2v) is 6.44. The van der Waals surface area contributed by atoms with Gasteiger partial charge in [-0.25, -0.2) is 0 Å². The topological polar surface area (TPSA) is 75.3 Å². The fourth-order valence-corrected chi connectivity index (χ4v) is 3.14.